The maximum absolute atomic E-state index is 12.5. The number of nitrogens with zero attached hydrogens (tertiary/aromatic N) is 3. The monoisotopic (exact) mass is 437 g/mol. The van der Waals surface area contributed by atoms with Gasteiger partial charge in [-0.2, -0.15) is 0 Å². The van der Waals surface area contributed by atoms with Crippen LogP contribution in [0.15, 0.2) is 41.3 Å². The highest BCUT2D eigenvalue weighted by Crippen LogP contribution is 2.19. The third kappa shape index (κ3) is 5.36. The summed E-state index contributed by atoms with van der Waals surface area (Å²) in [4.78, 5) is 18.9. The number of amides is 1. The molecule has 1 amide bonds. The van der Waals surface area contributed by atoms with Gasteiger partial charge in [0, 0.05) is 51.7 Å². The van der Waals surface area contributed by atoms with Gasteiger partial charge in [0.05, 0.1) is 9.77 Å². The molecule has 0 radical (unpaired) electrons. The van der Waals surface area contributed by atoms with Crippen molar-refractivity contribution in [3.63, 3.8) is 0 Å². The molecule has 9 heteroatoms. The van der Waals surface area contributed by atoms with Crippen molar-refractivity contribution in [1.82, 2.24) is 14.1 Å². The van der Waals surface area contributed by atoms with Gasteiger partial charge in [0.15, 0.2) is 0 Å². The third-order valence-corrected chi connectivity index (χ3v) is 7.71. The molecule has 158 valence electrons. The fraction of sp³-hybridized carbons (Fsp3) is 0.450. The van der Waals surface area contributed by atoms with Gasteiger partial charge in [0.25, 0.3) is 5.91 Å². The number of carbonyl (C=O) groups is 1. The molecule has 0 bridgehead atoms. The highest BCUT2D eigenvalue weighted by atomic mass is 32.2. The zero-order valence-corrected chi connectivity index (χ0v) is 18.6. The van der Waals surface area contributed by atoms with Crippen LogP contribution in [0.5, 0.6) is 5.75 Å². The fourth-order valence-electron chi connectivity index (χ4n) is 3.09. The first-order valence-electron chi connectivity index (χ1n) is 9.51. The quantitative estimate of drug-likeness (QED) is 0.664. The van der Waals surface area contributed by atoms with E-state index in [4.69, 9.17) is 4.74 Å². The van der Waals surface area contributed by atoms with Crippen molar-refractivity contribution in [3.05, 3.63) is 46.2 Å². The third-order valence-electron chi connectivity index (χ3n) is 4.89. The van der Waals surface area contributed by atoms with E-state index in [2.05, 4.69) is 4.90 Å². The first-order valence-corrected chi connectivity index (χ1v) is 11.8. The Hall–Kier alpha value is -1.94. The number of ether oxygens (including phenoxy) is 1. The molecule has 3 rings (SSSR count). The number of sulfonamides is 1. The van der Waals surface area contributed by atoms with Crippen LogP contribution in [0.3, 0.4) is 0 Å². The molecule has 2 aromatic rings. The molecule has 0 unspecified atom stereocenters. The highest BCUT2D eigenvalue weighted by molar-refractivity contribution is 7.89. The van der Waals surface area contributed by atoms with Gasteiger partial charge in [0.1, 0.15) is 12.4 Å². The summed E-state index contributed by atoms with van der Waals surface area (Å²) in [5, 5.41) is 0. The van der Waals surface area contributed by atoms with E-state index in [9.17, 15) is 13.2 Å². The van der Waals surface area contributed by atoms with Gasteiger partial charge in [-0.1, -0.05) is 0 Å². The Morgan fingerprint density at radius 2 is 1.72 bits per heavy atom. The lowest BCUT2D eigenvalue weighted by atomic mass is 10.3. The molecule has 2 heterocycles. The fourth-order valence-corrected chi connectivity index (χ4v) is 4.83. The van der Waals surface area contributed by atoms with E-state index in [0.29, 0.717) is 25.4 Å². The number of hydrogen-bond acceptors (Lipinski definition) is 6. The van der Waals surface area contributed by atoms with Crippen molar-refractivity contribution in [1.29, 1.82) is 0 Å². The topological polar surface area (TPSA) is 70.2 Å². The minimum atomic E-state index is -3.42. The molecule has 1 aromatic heterocycles. The molecule has 7 nitrogen and oxygen atoms in total. The van der Waals surface area contributed by atoms with E-state index in [1.807, 2.05) is 24.0 Å². The SMILES string of the molecule is Cc1ccc(C(=O)N2CCN(CCOc3ccc(S(=O)(=O)N(C)C)cc3)CC2)s1. The number of rotatable bonds is 7. The molecule has 1 aliphatic rings. The van der Waals surface area contributed by atoms with Crippen LogP contribution in [0.25, 0.3) is 0 Å². The summed E-state index contributed by atoms with van der Waals surface area (Å²) in [5.41, 5.74) is 0. The summed E-state index contributed by atoms with van der Waals surface area (Å²) in [6.07, 6.45) is 0. The summed E-state index contributed by atoms with van der Waals surface area (Å²) in [7, 11) is -0.407. The normalized spacial score (nSPS) is 15.7. The van der Waals surface area contributed by atoms with Crippen LogP contribution in [0.4, 0.5) is 0 Å². The van der Waals surface area contributed by atoms with Crippen LogP contribution in [0.1, 0.15) is 14.5 Å². The van der Waals surface area contributed by atoms with Crippen LogP contribution in [-0.4, -0.2) is 81.9 Å². The van der Waals surface area contributed by atoms with Gasteiger partial charge in [-0.3, -0.25) is 9.69 Å². The number of hydrogen-bond donors (Lipinski definition) is 0. The van der Waals surface area contributed by atoms with E-state index >= 15 is 0 Å². The van der Waals surface area contributed by atoms with Gasteiger partial charge in [-0.25, -0.2) is 12.7 Å². The molecule has 0 saturated carbocycles. The Balaban J connectivity index is 1.42. The lowest BCUT2D eigenvalue weighted by molar-refractivity contribution is 0.0625. The van der Waals surface area contributed by atoms with Crippen LogP contribution in [0, 0.1) is 6.92 Å². The Morgan fingerprint density at radius 3 is 2.28 bits per heavy atom. The second kappa shape index (κ2) is 9.25. The number of piperazine rings is 1. The Morgan fingerprint density at radius 1 is 1.07 bits per heavy atom. The summed E-state index contributed by atoms with van der Waals surface area (Å²) in [6, 6.07) is 10.3. The smallest absolute Gasteiger partial charge is 0.264 e. The molecule has 1 fully saturated rings. The maximum Gasteiger partial charge on any atom is 0.264 e. The van der Waals surface area contributed by atoms with Crippen LogP contribution in [0.2, 0.25) is 0 Å². The molecule has 0 N–H and O–H groups in total. The van der Waals surface area contributed by atoms with Gasteiger partial charge in [-0.15, -0.1) is 11.3 Å². The van der Waals surface area contributed by atoms with Crippen LogP contribution < -0.4 is 4.74 Å². The number of aryl methyl sites for hydroxylation is 1. The van der Waals surface area contributed by atoms with Crippen molar-refractivity contribution in [2.24, 2.45) is 0 Å². The predicted octanol–water partition coefficient (Wildman–Crippen LogP) is 2.14. The highest BCUT2D eigenvalue weighted by Gasteiger charge is 2.23. The summed E-state index contributed by atoms with van der Waals surface area (Å²) < 4.78 is 31.1. The lowest BCUT2D eigenvalue weighted by Crippen LogP contribution is -2.49. The largest absolute Gasteiger partial charge is 0.492 e. The Kier molecular flexibility index (Phi) is 6.94. The van der Waals surface area contributed by atoms with E-state index < -0.39 is 10.0 Å². The molecular formula is C20H27N3O4S2. The van der Waals surface area contributed by atoms with Crippen molar-refractivity contribution >= 4 is 27.3 Å². The molecule has 0 spiro atoms. The van der Waals surface area contributed by atoms with E-state index in [0.717, 1.165) is 29.4 Å². The standard InChI is InChI=1S/C20H27N3O4S2/c1-16-4-9-19(28-16)20(24)23-12-10-22(11-13-23)14-15-27-17-5-7-18(8-6-17)29(25,26)21(2)3/h4-9H,10-15H2,1-3H3. The number of benzene rings is 1. The average Bonchev–Trinajstić information content (AvgIpc) is 3.14. The van der Waals surface area contributed by atoms with Crippen LogP contribution in [-0.2, 0) is 10.0 Å². The van der Waals surface area contributed by atoms with Gasteiger partial charge < -0.3 is 9.64 Å². The van der Waals surface area contributed by atoms with Gasteiger partial charge >= 0.3 is 0 Å². The molecule has 29 heavy (non-hydrogen) atoms. The minimum absolute atomic E-state index is 0.117. The summed E-state index contributed by atoms with van der Waals surface area (Å²) in [5.74, 6) is 0.761. The summed E-state index contributed by atoms with van der Waals surface area (Å²) >= 11 is 1.54. The van der Waals surface area contributed by atoms with Crippen LogP contribution >= 0.6 is 11.3 Å². The van der Waals surface area contributed by atoms with E-state index in [-0.39, 0.29) is 10.8 Å². The van der Waals surface area contributed by atoms with Crippen molar-refractivity contribution < 1.29 is 17.9 Å². The average molecular weight is 438 g/mol. The van der Waals surface area contributed by atoms with Crippen molar-refractivity contribution in [3.8, 4) is 5.75 Å². The molecule has 1 aliphatic heterocycles. The first-order chi connectivity index (χ1) is 13.8. The molecule has 0 aliphatic carbocycles. The number of carbonyl (C=O) groups excluding carboxylic acids is 1. The molecular weight excluding hydrogens is 410 g/mol. The second-order valence-corrected chi connectivity index (χ2v) is 10.6. The van der Waals surface area contributed by atoms with Crippen molar-refractivity contribution in [2.75, 3.05) is 53.4 Å². The van der Waals surface area contributed by atoms with Crippen molar-refractivity contribution in [2.45, 2.75) is 11.8 Å². The predicted molar refractivity (Wildman–Crippen MR) is 114 cm³/mol. The van der Waals surface area contributed by atoms with E-state index in [1.165, 1.54) is 18.4 Å². The Bertz CT molecular complexity index is 931. The number of thiophene rings is 1. The zero-order chi connectivity index (χ0) is 21.0. The summed E-state index contributed by atoms with van der Waals surface area (Å²) in [6.45, 7) is 6.35. The molecule has 0 atom stereocenters. The Labute approximate surface area is 176 Å². The van der Waals surface area contributed by atoms with E-state index in [1.54, 1.807) is 35.6 Å². The van der Waals surface area contributed by atoms with Gasteiger partial charge in [-0.05, 0) is 43.3 Å². The molecule has 1 aromatic carbocycles. The molecule has 1 saturated heterocycles. The maximum atomic E-state index is 12.5. The lowest BCUT2D eigenvalue weighted by Gasteiger charge is -2.34. The second-order valence-electron chi connectivity index (χ2n) is 7.15. The first kappa shape index (κ1) is 21.8. The zero-order valence-electron chi connectivity index (χ0n) is 17.0. The minimum Gasteiger partial charge on any atom is -0.492 e. The van der Waals surface area contributed by atoms with Gasteiger partial charge in [0.2, 0.25) is 10.0 Å².